The molecule has 190 valence electrons. The number of carbonyl (C=O) groups is 1. The minimum Gasteiger partial charge on any atom is -0.508 e. The van der Waals surface area contributed by atoms with Gasteiger partial charge in [-0.3, -0.25) is 4.79 Å². The number of rotatable bonds is 4. The molecule has 36 heavy (non-hydrogen) atoms. The molecule has 2 saturated carbocycles. The smallest absolute Gasteiger partial charge is 0.416 e. The van der Waals surface area contributed by atoms with Gasteiger partial charge >= 0.3 is 6.18 Å². The summed E-state index contributed by atoms with van der Waals surface area (Å²) in [6.45, 7) is 3.23. The lowest BCUT2D eigenvalue weighted by atomic mass is 9.58. The highest BCUT2D eigenvalue weighted by atomic mass is 19.4. The van der Waals surface area contributed by atoms with Crippen LogP contribution in [0.15, 0.2) is 48.5 Å². The quantitative estimate of drug-likeness (QED) is 0.579. The molecule has 1 aliphatic heterocycles. The van der Waals surface area contributed by atoms with E-state index in [0.717, 1.165) is 62.4 Å². The third-order valence-electron chi connectivity index (χ3n) is 8.11. The van der Waals surface area contributed by atoms with E-state index >= 15 is 0 Å². The lowest BCUT2D eigenvalue weighted by molar-refractivity contribution is -0.137. The number of fused-ring (bicyclic) bond motifs is 1. The van der Waals surface area contributed by atoms with Gasteiger partial charge in [0.1, 0.15) is 5.75 Å². The number of hydrogen-bond acceptors (Lipinski definition) is 3. The molecule has 3 fully saturated rings. The molecule has 4 nitrogen and oxygen atoms in total. The van der Waals surface area contributed by atoms with Crippen LogP contribution in [0.4, 0.5) is 13.2 Å². The van der Waals surface area contributed by atoms with E-state index in [2.05, 4.69) is 28.1 Å². The molecule has 2 aliphatic carbocycles. The van der Waals surface area contributed by atoms with Crippen molar-refractivity contribution in [1.82, 2.24) is 10.2 Å². The molecule has 1 heterocycles. The first kappa shape index (κ1) is 24.7. The van der Waals surface area contributed by atoms with E-state index in [0.29, 0.717) is 11.5 Å². The number of nitrogens with one attached hydrogen (secondary N) is 1. The minimum atomic E-state index is -4.40. The zero-order valence-corrected chi connectivity index (χ0v) is 20.2. The molecule has 2 N–H and O–H groups in total. The van der Waals surface area contributed by atoms with E-state index in [1.165, 1.54) is 31.5 Å². The number of nitrogens with zero attached hydrogens (tertiary/aromatic N) is 1. The van der Waals surface area contributed by atoms with E-state index in [1.54, 1.807) is 6.07 Å². The van der Waals surface area contributed by atoms with Crippen molar-refractivity contribution >= 4 is 5.91 Å². The Balaban J connectivity index is 1.28. The van der Waals surface area contributed by atoms with Crippen molar-refractivity contribution in [3.05, 3.63) is 65.2 Å². The standard InChI is InChI=1S/C29H31F3N2O2/c30-29(31,32)22-9-6-20(7-10-22)8-13-27(36)33-25-12-11-24-19-34(18-21-4-5-21)15-14-28(24,17-25)23-2-1-3-26(35)16-23/h1-3,6-7,9-10,16,21,24-25,35H,4-5,11-12,14-15,17-19H2,(H,33,36)/t24-,25-,28+/m1/s1. The lowest BCUT2D eigenvalue weighted by Gasteiger charge is -2.53. The Morgan fingerprint density at radius 3 is 2.58 bits per heavy atom. The van der Waals surface area contributed by atoms with Crippen molar-refractivity contribution in [3.8, 4) is 17.6 Å². The molecular weight excluding hydrogens is 465 g/mol. The van der Waals surface area contributed by atoms with Crippen molar-refractivity contribution < 1.29 is 23.1 Å². The van der Waals surface area contributed by atoms with Gasteiger partial charge in [-0.1, -0.05) is 18.1 Å². The first-order valence-electron chi connectivity index (χ1n) is 12.7. The first-order valence-corrected chi connectivity index (χ1v) is 12.7. The number of halogens is 3. The number of piperidine rings is 1. The van der Waals surface area contributed by atoms with Gasteiger partial charge in [0.2, 0.25) is 0 Å². The number of phenolic OH excluding ortho intramolecular Hbond substituents is 1. The number of carbonyl (C=O) groups excluding carboxylic acids is 1. The molecule has 0 aromatic heterocycles. The normalized spacial score (nSPS) is 26.4. The van der Waals surface area contributed by atoms with Crippen molar-refractivity contribution in [2.45, 2.75) is 56.2 Å². The summed E-state index contributed by atoms with van der Waals surface area (Å²) in [4.78, 5) is 15.2. The number of benzene rings is 2. The van der Waals surface area contributed by atoms with Crippen molar-refractivity contribution in [2.24, 2.45) is 11.8 Å². The third-order valence-corrected chi connectivity index (χ3v) is 8.11. The van der Waals surface area contributed by atoms with Gasteiger partial charge in [-0.25, -0.2) is 0 Å². The SMILES string of the molecule is O=C(C#Cc1ccc(C(F)(F)F)cc1)N[C@@H]1CC[C@@H]2CN(CC3CC3)CC[C@@]2(c2cccc(O)c2)C1. The van der Waals surface area contributed by atoms with Crippen molar-refractivity contribution in [2.75, 3.05) is 19.6 Å². The molecule has 1 saturated heterocycles. The predicted octanol–water partition coefficient (Wildman–Crippen LogP) is 5.10. The molecule has 5 rings (SSSR count). The molecule has 2 aromatic carbocycles. The maximum absolute atomic E-state index is 12.8. The van der Waals surface area contributed by atoms with Crippen molar-refractivity contribution in [3.63, 3.8) is 0 Å². The highest BCUT2D eigenvalue weighted by molar-refractivity contribution is 5.94. The Hall–Kier alpha value is -2.98. The fourth-order valence-electron chi connectivity index (χ4n) is 6.08. The average molecular weight is 497 g/mol. The zero-order chi connectivity index (χ0) is 25.3. The summed E-state index contributed by atoms with van der Waals surface area (Å²) in [5, 5.41) is 13.3. The zero-order valence-electron chi connectivity index (χ0n) is 20.2. The fourth-order valence-corrected chi connectivity index (χ4v) is 6.08. The van der Waals surface area contributed by atoms with Gasteiger partial charge in [0.05, 0.1) is 5.56 Å². The molecule has 2 aromatic rings. The Morgan fingerprint density at radius 1 is 1.11 bits per heavy atom. The summed E-state index contributed by atoms with van der Waals surface area (Å²) in [5.41, 5.74) is 0.639. The topological polar surface area (TPSA) is 52.6 Å². The van der Waals surface area contributed by atoms with Crippen LogP contribution in [-0.4, -0.2) is 41.6 Å². The van der Waals surface area contributed by atoms with Crippen LogP contribution in [0.3, 0.4) is 0 Å². The first-order chi connectivity index (χ1) is 17.2. The van der Waals surface area contributed by atoms with Crippen LogP contribution in [0, 0.1) is 23.7 Å². The van der Waals surface area contributed by atoms with E-state index in [9.17, 15) is 23.1 Å². The number of phenols is 1. The minimum absolute atomic E-state index is 0.0482. The Morgan fingerprint density at radius 2 is 1.89 bits per heavy atom. The molecule has 0 unspecified atom stereocenters. The predicted molar refractivity (Wildman–Crippen MR) is 131 cm³/mol. The molecule has 0 bridgehead atoms. The van der Waals surface area contributed by atoms with Crippen LogP contribution in [0.5, 0.6) is 5.75 Å². The summed E-state index contributed by atoms with van der Waals surface area (Å²) in [7, 11) is 0. The average Bonchev–Trinajstić information content (AvgIpc) is 3.66. The van der Waals surface area contributed by atoms with Crippen LogP contribution in [-0.2, 0) is 16.4 Å². The number of hydrogen-bond donors (Lipinski definition) is 2. The molecule has 7 heteroatoms. The molecule has 0 radical (unpaired) electrons. The second-order valence-electron chi connectivity index (χ2n) is 10.6. The highest BCUT2D eigenvalue weighted by Gasteiger charge is 2.48. The Kier molecular flexibility index (Phi) is 6.74. The number of likely N-dealkylation sites (tertiary alicyclic amines) is 1. The van der Waals surface area contributed by atoms with Gasteiger partial charge < -0.3 is 15.3 Å². The highest BCUT2D eigenvalue weighted by Crippen LogP contribution is 2.50. The molecule has 0 spiro atoms. The molecule has 3 aliphatic rings. The monoisotopic (exact) mass is 496 g/mol. The van der Waals surface area contributed by atoms with Gasteiger partial charge in [-0.2, -0.15) is 13.2 Å². The van der Waals surface area contributed by atoms with Gasteiger partial charge in [-0.15, -0.1) is 0 Å². The number of alkyl halides is 3. The summed E-state index contributed by atoms with van der Waals surface area (Å²) in [6, 6.07) is 12.0. The van der Waals surface area contributed by atoms with Gasteiger partial charge in [0.15, 0.2) is 0 Å². The second kappa shape index (κ2) is 9.82. The molecule has 1 amide bonds. The van der Waals surface area contributed by atoms with Crippen molar-refractivity contribution in [1.29, 1.82) is 0 Å². The maximum Gasteiger partial charge on any atom is 0.416 e. The number of aromatic hydroxyl groups is 1. The van der Waals surface area contributed by atoms with Crippen LogP contribution in [0.25, 0.3) is 0 Å². The van der Waals surface area contributed by atoms with Gasteiger partial charge in [0, 0.05) is 36.0 Å². The van der Waals surface area contributed by atoms with E-state index in [-0.39, 0.29) is 17.2 Å². The van der Waals surface area contributed by atoms with Gasteiger partial charge in [0.25, 0.3) is 5.91 Å². The van der Waals surface area contributed by atoms with Crippen LogP contribution >= 0.6 is 0 Å². The fraction of sp³-hybridized carbons (Fsp3) is 0.483. The van der Waals surface area contributed by atoms with Crippen LogP contribution in [0.2, 0.25) is 0 Å². The van der Waals surface area contributed by atoms with E-state index < -0.39 is 17.6 Å². The van der Waals surface area contributed by atoms with E-state index in [1.807, 2.05) is 12.1 Å². The summed E-state index contributed by atoms with van der Waals surface area (Å²) in [6.07, 6.45) is 1.87. The maximum atomic E-state index is 12.8. The molecular formula is C29H31F3N2O2. The molecule has 3 atom stereocenters. The third kappa shape index (κ3) is 5.54. The van der Waals surface area contributed by atoms with Gasteiger partial charge in [-0.05, 0) is 98.9 Å². The number of amides is 1. The summed E-state index contributed by atoms with van der Waals surface area (Å²) < 4.78 is 38.3. The lowest BCUT2D eigenvalue weighted by Crippen LogP contribution is -2.56. The largest absolute Gasteiger partial charge is 0.508 e. The van der Waals surface area contributed by atoms with Crippen LogP contribution in [0.1, 0.15) is 55.2 Å². The summed E-state index contributed by atoms with van der Waals surface area (Å²) >= 11 is 0. The van der Waals surface area contributed by atoms with E-state index in [4.69, 9.17) is 0 Å². The second-order valence-corrected chi connectivity index (χ2v) is 10.6. The van der Waals surface area contributed by atoms with Crippen LogP contribution < -0.4 is 5.32 Å². The Labute approximate surface area is 209 Å². The summed E-state index contributed by atoms with van der Waals surface area (Å²) in [5.74, 6) is 6.36. The Bertz CT molecular complexity index is 1160.